The highest BCUT2D eigenvalue weighted by molar-refractivity contribution is 7.90. The highest BCUT2D eigenvalue weighted by atomic mass is 32.2. The fourth-order valence-electron chi connectivity index (χ4n) is 0.938. The Kier molecular flexibility index (Phi) is 3.71. The van der Waals surface area contributed by atoms with E-state index in [1.54, 1.807) is 26.2 Å². The van der Waals surface area contributed by atoms with Crippen molar-refractivity contribution in [1.82, 2.24) is 4.72 Å². The molecule has 0 saturated carbocycles. The minimum Gasteiger partial charge on any atom is -0.469 e. The molecule has 5 heteroatoms. The van der Waals surface area contributed by atoms with Crippen LogP contribution in [-0.2, 0) is 16.4 Å². The molecule has 0 amide bonds. The molecule has 1 N–H and O–H groups in total. The second kappa shape index (κ2) is 4.61. The van der Waals surface area contributed by atoms with Gasteiger partial charge in [0.15, 0.2) is 0 Å². The lowest BCUT2D eigenvalue weighted by molar-refractivity contribution is 0.505. The van der Waals surface area contributed by atoms with E-state index in [9.17, 15) is 8.42 Å². The Labute approximate surface area is 84.4 Å². The molecule has 0 unspecified atom stereocenters. The van der Waals surface area contributed by atoms with Gasteiger partial charge in [-0.2, -0.15) is 0 Å². The first kappa shape index (κ1) is 11.3. The van der Waals surface area contributed by atoms with E-state index in [4.69, 9.17) is 4.42 Å². The first-order valence-electron chi connectivity index (χ1n) is 4.53. The van der Waals surface area contributed by atoms with E-state index in [-0.39, 0.29) is 5.25 Å². The Morgan fingerprint density at radius 1 is 1.50 bits per heavy atom. The fourth-order valence-corrected chi connectivity index (χ4v) is 1.66. The van der Waals surface area contributed by atoms with Crippen LogP contribution in [0.15, 0.2) is 22.8 Å². The molecule has 0 fully saturated rings. The largest absolute Gasteiger partial charge is 0.469 e. The number of hydrogen-bond donors (Lipinski definition) is 1. The van der Waals surface area contributed by atoms with E-state index >= 15 is 0 Å². The van der Waals surface area contributed by atoms with Gasteiger partial charge in [0, 0.05) is 13.0 Å². The zero-order valence-corrected chi connectivity index (χ0v) is 9.17. The van der Waals surface area contributed by atoms with Crippen molar-refractivity contribution in [3.05, 3.63) is 24.2 Å². The molecule has 0 saturated heterocycles. The Morgan fingerprint density at radius 3 is 2.71 bits per heavy atom. The van der Waals surface area contributed by atoms with E-state index in [1.165, 1.54) is 0 Å². The van der Waals surface area contributed by atoms with E-state index in [2.05, 4.69) is 4.72 Å². The maximum Gasteiger partial charge on any atom is 0.213 e. The van der Waals surface area contributed by atoms with Crippen molar-refractivity contribution in [2.75, 3.05) is 6.54 Å². The molecule has 1 aromatic rings. The Hall–Kier alpha value is -0.810. The van der Waals surface area contributed by atoms with Crippen LogP contribution in [0.2, 0.25) is 0 Å². The monoisotopic (exact) mass is 217 g/mol. The van der Waals surface area contributed by atoms with Crippen LogP contribution in [0, 0.1) is 0 Å². The summed E-state index contributed by atoms with van der Waals surface area (Å²) in [5.74, 6) is 0.788. The molecule has 0 aliphatic heterocycles. The molecule has 1 heterocycles. The number of nitrogens with one attached hydrogen (secondary N) is 1. The third kappa shape index (κ3) is 3.16. The summed E-state index contributed by atoms with van der Waals surface area (Å²) in [5, 5.41) is -0.390. The van der Waals surface area contributed by atoms with Crippen LogP contribution in [0.25, 0.3) is 0 Å². The average molecular weight is 217 g/mol. The van der Waals surface area contributed by atoms with Gasteiger partial charge in [0.1, 0.15) is 5.76 Å². The van der Waals surface area contributed by atoms with Crippen LogP contribution in [-0.4, -0.2) is 20.2 Å². The number of sulfonamides is 1. The maximum absolute atomic E-state index is 11.3. The summed E-state index contributed by atoms with van der Waals surface area (Å²) in [6.07, 6.45) is 2.16. The van der Waals surface area contributed by atoms with Crippen molar-refractivity contribution in [1.29, 1.82) is 0 Å². The van der Waals surface area contributed by atoms with Crippen molar-refractivity contribution in [3.8, 4) is 0 Å². The molecule has 0 aromatic carbocycles. The van der Waals surface area contributed by atoms with Crippen molar-refractivity contribution < 1.29 is 12.8 Å². The highest BCUT2D eigenvalue weighted by Gasteiger charge is 2.14. The van der Waals surface area contributed by atoms with Crippen molar-refractivity contribution >= 4 is 10.0 Å². The summed E-state index contributed by atoms with van der Waals surface area (Å²) >= 11 is 0. The van der Waals surface area contributed by atoms with Gasteiger partial charge in [-0.25, -0.2) is 13.1 Å². The van der Waals surface area contributed by atoms with Crippen molar-refractivity contribution in [2.24, 2.45) is 0 Å². The van der Waals surface area contributed by atoms with Crippen LogP contribution >= 0.6 is 0 Å². The van der Waals surface area contributed by atoms with Crippen LogP contribution in [0.3, 0.4) is 0 Å². The van der Waals surface area contributed by atoms with Gasteiger partial charge >= 0.3 is 0 Å². The minimum absolute atomic E-state index is 0.383. The quantitative estimate of drug-likeness (QED) is 0.804. The van der Waals surface area contributed by atoms with Gasteiger partial charge in [-0.05, 0) is 26.0 Å². The number of furan rings is 1. The lowest BCUT2D eigenvalue weighted by Gasteiger charge is -2.08. The minimum atomic E-state index is -3.14. The summed E-state index contributed by atoms with van der Waals surface area (Å²) in [4.78, 5) is 0. The lowest BCUT2D eigenvalue weighted by Crippen LogP contribution is -2.32. The molecule has 1 aromatic heterocycles. The SMILES string of the molecule is CC(C)S(=O)(=O)NCCc1ccco1. The standard InChI is InChI=1S/C9H15NO3S/c1-8(2)14(11,12)10-6-5-9-4-3-7-13-9/h3-4,7-8,10H,5-6H2,1-2H3. The van der Waals surface area contributed by atoms with Gasteiger partial charge in [0.05, 0.1) is 11.5 Å². The van der Waals surface area contributed by atoms with Crippen LogP contribution < -0.4 is 4.72 Å². The van der Waals surface area contributed by atoms with Crippen LogP contribution in [0.5, 0.6) is 0 Å². The van der Waals surface area contributed by atoms with Crippen LogP contribution in [0.1, 0.15) is 19.6 Å². The fraction of sp³-hybridized carbons (Fsp3) is 0.556. The smallest absolute Gasteiger partial charge is 0.213 e. The predicted octanol–water partition coefficient (Wildman–Crippen LogP) is 1.15. The third-order valence-electron chi connectivity index (χ3n) is 1.88. The summed E-state index contributed by atoms with van der Waals surface area (Å²) in [6, 6.07) is 3.61. The summed E-state index contributed by atoms with van der Waals surface area (Å²) in [5.41, 5.74) is 0. The molecule has 0 spiro atoms. The topological polar surface area (TPSA) is 59.3 Å². The van der Waals surface area contributed by atoms with Crippen molar-refractivity contribution in [2.45, 2.75) is 25.5 Å². The molecule has 0 radical (unpaired) electrons. The van der Waals surface area contributed by atoms with Gasteiger partial charge < -0.3 is 4.42 Å². The first-order valence-corrected chi connectivity index (χ1v) is 6.08. The highest BCUT2D eigenvalue weighted by Crippen LogP contribution is 2.01. The zero-order valence-electron chi connectivity index (χ0n) is 8.36. The second-order valence-corrected chi connectivity index (χ2v) is 5.64. The number of rotatable bonds is 5. The summed E-state index contributed by atoms with van der Waals surface area (Å²) in [7, 11) is -3.14. The molecular weight excluding hydrogens is 202 g/mol. The van der Waals surface area contributed by atoms with E-state index in [1.807, 2.05) is 6.07 Å². The summed E-state index contributed by atoms with van der Waals surface area (Å²) < 4.78 is 30.2. The van der Waals surface area contributed by atoms with Crippen LogP contribution in [0.4, 0.5) is 0 Å². The van der Waals surface area contributed by atoms with Gasteiger partial charge in [-0.1, -0.05) is 0 Å². The molecule has 0 aliphatic carbocycles. The lowest BCUT2D eigenvalue weighted by atomic mass is 10.3. The molecule has 4 nitrogen and oxygen atoms in total. The number of hydrogen-bond acceptors (Lipinski definition) is 3. The maximum atomic E-state index is 11.3. The Bertz CT molecular complexity index is 353. The molecule has 0 aliphatic rings. The molecule has 0 bridgehead atoms. The predicted molar refractivity (Wildman–Crippen MR) is 54.5 cm³/mol. The van der Waals surface area contributed by atoms with Gasteiger partial charge in [-0.3, -0.25) is 0 Å². The van der Waals surface area contributed by atoms with E-state index < -0.39 is 10.0 Å². The van der Waals surface area contributed by atoms with E-state index in [0.717, 1.165) is 5.76 Å². The molecule has 80 valence electrons. The first-order chi connectivity index (χ1) is 6.52. The van der Waals surface area contributed by atoms with Gasteiger partial charge in [-0.15, -0.1) is 0 Å². The average Bonchev–Trinajstić information content (AvgIpc) is 2.56. The second-order valence-electron chi connectivity index (χ2n) is 3.32. The zero-order chi connectivity index (χ0) is 10.6. The van der Waals surface area contributed by atoms with Gasteiger partial charge in [0.2, 0.25) is 10.0 Å². The Balaban J connectivity index is 2.36. The normalized spacial score (nSPS) is 12.2. The molecule has 14 heavy (non-hydrogen) atoms. The third-order valence-corrected chi connectivity index (χ3v) is 3.72. The summed E-state index contributed by atoms with van der Waals surface area (Å²) in [6.45, 7) is 3.68. The van der Waals surface area contributed by atoms with Gasteiger partial charge in [0.25, 0.3) is 0 Å². The van der Waals surface area contributed by atoms with Crippen molar-refractivity contribution in [3.63, 3.8) is 0 Å². The molecule has 0 atom stereocenters. The molecule has 1 rings (SSSR count). The Morgan fingerprint density at radius 2 is 2.21 bits per heavy atom. The molecular formula is C9H15NO3S. The van der Waals surface area contributed by atoms with E-state index in [0.29, 0.717) is 13.0 Å².